The molecule has 0 saturated heterocycles. The molecule has 15 heavy (non-hydrogen) atoms. The number of alkyl halides is 3. The maximum Gasteiger partial charge on any atom is 0.416 e. The molecule has 2 N–H and O–H groups in total. The first kappa shape index (κ1) is 12.0. The summed E-state index contributed by atoms with van der Waals surface area (Å²) in [7, 11) is 0. The number of hydrogen-bond acceptors (Lipinski definition) is 1. The highest BCUT2D eigenvalue weighted by Crippen LogP contribution is 2.35. The van der Waals surface area contributed by atoms with Crippen LogP contribution in [-0.4, -0.2) is 0 Å². The highest BCUT2D eigenvalue weighted by atomic mass is 19.4. The van der Waals surface area contributed by atoms with Crippen molar-refractivity contribution in [1.29, 1.82) is 0 Å². The summed E-state index contributed by atoms with van der Waals surface area (Å²) in [6.07, 6.45) is -4.31. The Morgan fingerprint density at radius 2 is 1.93 bits per heavy atom. The van der Waals surface area contributed by atoms with Crippen molar-refractivity contribution in [3.05, 3.63) is 35.1 Å². The lowest BCUT2D eigenvalue weighted by Crippen LogP contribution is -2.18. The molecule has 0 radical (unpaired) electrons. The lowest BCUT2D eigenvalue weighted by Gasteiger charge is -2.17. The molecule has 1 atom stereocenters. The molecule has 5 heteroatoms. The van der Waals surface area contributed by atoms with E-state index in [0.717, 1.165) is 18.2 Å². The van der Waals surface area contributed by atoms with Crippen LogP contribution in [0, 0.1) is 5.82 Å². The van der Waals surface area contributed by atoms with Crippen LogP contribution in [0.2, 0.25) is 0 Å². The SMILES string of the molecule is CCC(N)c1c(F)cccc1C(F)(F)F. The van der Waals surface area contributed by atoms with E-state index in [4.69, 9.17) is 5.73 Å². The molecule has 1 nitrogen and oxygen atoms in total. The number of halogens is 4. The summed E-state index contributed by atoms with van der Waals surface area (Å²) in [6, 6.07) is 1.93. The van der Waals surface area contributed by atoms with Crippen LogP contribution in [0.15, 0.2) is 18.2 Å². The highest BCUT2D eigenvalue weighted by molar-refractivity contribution is 5.33. The molecule has 0 aliphatic heterocycles. The lowest BCUT2D eigenvalue weighted by atomic mass is 9.98. The predicted octanol–water partition coefficient (Wildman–Crippen LogP) is 3.25. The summed E-state index contributed by atoms with van der Waals surface area (Å²) < 4.78 is 50.7. The molecule has 84 valence electrons. The maximum atomic E-state index is 13.2. The summed E-state index contributed by atoms with van der Waals surface area (Å²) in [6.45, 7) is 1.61. The van der Waals surface area contributed by atoms with Gasteiger partial charge in [0.15, 0.2) is 0 Å². The molecule has 0 saturated carbocycles. The number of nitrogens with two attached hydrogens (primary N) is 1. The van der Waals surface area contributed by atoms with Crippen molar-refractivity contribution in [1.82, 2.24) is 0 Å². The van der Waals surface area contributed by atoms with Gasteiger partial charge >= 0.3 is 6.18 Å². The van der Waals surface area contributed by atoms with Gasteiger partial charge in [-0.3, -0.25) is 0 Å². The van der Waals surface area contributed by atoms with Crippen molar-refractivity contribution in [3.63, 3.8) is 0 Å². The van der Waals surface area contributed by atoms with Crippen molar-refractivity contribution in [2.24, 2.45) is 5.73 Å². The van der Waals surface area contributed by atoms with Crippen LogP contribution in [-0.2, 0) is 6.18 Å². The average Bonchev–Trinajstić information content (AvgIpc) is 2.15. The second kappa shape index (κ2) is 4.18. The van der Waals surface area contributed by atoms with Crippen LogP contribution in [0.1, 0.15) is 30.5 Å². The molecule has 0 amide bonds. The fourth-order valence-corrected chi connectivity index (χ4v) is 1.37. The monoisotopic (exact) mass is 221 g/mol. The number of rotatable bonds is 2. The standard InChI is InChI=1S/C10H11F4N/c1-2-8(15)9-6(10(12,13)14)4-3-5-7(9)11/h3-5,8H,2,15H2,1H3. The van der Waals surface area contributed by atoms with Gasteiger partial charge in [-0.05, 0) is 18.6 Å². The zero-order valence-electron chi connectivity index (χ0n) is 8.11. The number of benzene rings is 1. The van der Waals surface area contributed by atoms with Crippen molar-refractivity contribution in [2.45, 2.75) is 25.6 Å². The topological polar surface area (TPSA) is 26.0 Å². The Labute approximate surface area is 84.9 Å². The summed E-state index contributed by atoms with van der Waals surface area (Å²) in [5.74, 6) is -0.904. The molecule has 1 unspecified atom stereocenters. The van der Waals surface area contributed by atoms with E-state index in [-0.39, 0.29) is 6.42 Å². The van der Waals surface area contributed by atoms with Gasteiger partial charge in [0.1, 0.15) is 5.82 Å². The Balaban J connectivity index is 3.33. The summed E-state index contributed by atoms with van der Waals surface area (Å²) in [4.78, 5) is 0. The molecule has 0 aliphatic rings. The second-order valence-corrected chi connectivity index (χ2v) is 3.21. The van der Waals surface area contributed by atoms with Crippen LogP contribution < -0.4 is 5.73 Å². The fraction of sp³-hybridized carbons (Fsp3) is 0.400. The van der Waals surface area contributed by atoms with Crippen LogP contribution in [0.3, 0.4) is 0 Å². The minimum atomic E-state index is -4.57. The fourth-order valence-electron chi connectivity index (χ4n) is 1.37. The molecule has 1 rings (SSSR count). The minimum Gasteiger partial charge on any atom is -0.324 e. The lowest BCUT2D eigenvalue weighted by molar-refractivity contribution is -0.138. The van der Waals surface area contributed by atoms with Gasteiger partial charge in [0.2, 0.25) is 0 Å². The zero-order chi connectivity index (χ0) is 11.6. The third kappa shape index (κ3) is 2.47. The van der Waals surface area contributed by atoms with Crippen molar-refractivity contribution in [3.8, 4) is 0 Å². The van der Waals surface area contributed by atoms with Crippen LogP contribution in [0.25, 0.3) is 0 Å². The summed E-state index contributed by atoms with van der Waals surface area (Å²) in [5.41, 5.74) is 4.01. The van der Waals surface area contributed by atoms with Crippen LogP contribution in [0.4, 0.5) is 17.6 Å². The van der Waals surface area contributed by atoms with E-state index in [1.54, 1.807) is 6.92 Å². The molecule has 0 aliphatic carbocycles. The smallest absolute Gasteiger partial charge is 0.324 e. The van der Waals surface area contributed by atoms with Gasteiger partial charge in [0.25, 0.3) is 0 Å². The van der Waals surface area contributed by atoms with E-state index in [2.05, 4.69) is 0 Å². The molecule has 0 fully saturated rings. The average molecular weight is 221 g/mol. The van der Waals surface area contributed by atoms with E-state index in [1.807, 2.05) is 0 Å². The van der Waals surface area contributed by atoms with Gasteiger partial charge in [-0.15, -0.1) is 0 Å². The van der Waals surface area contributed by atoms with Gasteiger partial charge in [0, 0.05) is 11.6 Å². The van der Waals surface area contributed by atoms with Crippen LogP contribution in [0.5, 0.6) is 0 Å². The zero-order valence-corrected chi connectivity index (χ0v) is 8.11. The second-order valence-electron chi connectivity index (χ2n) is 3.21. The molecule has 0 aromatic heterocycles. The highest BCUT2D eigenvalue weighted by Gasteiger charge is 2.35. The Hall–Kier alpha value is -1.10. The normalized spacial score (nSPS) is 14.0. The first-order chi connectivity index (χ1) is 6.88. The van der Waals surface area contributed by atoms with E-state index >= 15 is 0 Å². The molecule has 0 bridgehead atoms. The van der Waals surface area contributed by atoms with Crippen molar-refractivity contribution in [2.75, 3.05) is 0 Å². The van der Waals surface area contributed by atoms with E-state index in [9.17, 15) is 17.6 Å². The molecular weight excluding hydrogens is 210 g/mol. The van der Waals surface area contributed by atoms with E-state index < -0.39 is 29.2 Å². The summed E-state index contributed by atoms with van der Waals surface area (Å²) >= 11 is 0. The summed E-state index contributed by atoms with van der Waals surface area (Å²) in [5, 5.41) is 0. The minimum absolute atomic E-state index is 0.254. The maximum absolute atomic E-state index is 13.2. The van der Waals surface area contributed by atoms with Gasteiger partial charge in [0.05, 0.1) is 5.56 Å². The quantitative estimate of drug-likeness (QED) is 0.762. The third-order valence-electron chi connectivity index (χ3n) is 2.17. The Morgan fingerprint density at radius 3 is 2.40 bits per heavy atom. The van der Waals surface area contributed by atoms with Crippen molar-refractivity contribution < 1.29 is 17.6 Å². The van der Waals surface area contributed by atoms with E-state index in [1.165, 1.54) is 0 Å². The van der Waals surface area contributed by atoms with E-state index in [0.29, 0.717) is 0 Å². The Kier molecular flexibility index (Phi) is 3.34. The largest absolute Gasteiger partial charge is 0.416 e. The Bertz CT molecular complexity index is 346. The predicted molar refractivity (Wildman–Crippen MR) is 48.6 cm³/mol. The molecule has 1 aromatic carbocycles. The molecule has 0 spiro atoms. The number of hydrogen-bond donors (Lipinski definition) is 1. The first-order valence-corrected chi connectivity index (χ1v) is 4.49. The van der Waals surface area contributed by atoms with Gasteiger partial charge in [-0.1, -0.05) is 13.0 Å². The third-order valence-corrected chi connectivity index (χ3v) is 2.17. The first-order valence-electron chi connectivity index (χ1n) is 4.49. The Morgan fingerprint density at radius 1 is 1.33 bits per heavy atom. The molecular formula is C10H11F4N. The van der Waals surface area contributed by atoms with Gasteiger partial charge in [-0.25, -0.2) is 4.39 Å². The molecule has 1 aromatic rings. The van der Waals surface area contributed by atoms with Crippen LogP contribution >= 0.6 is 0 Å². The van der Waals surface area contributed by atoms with Crippen molar-refractivity contribution >= 4 is 0 Å². The van der Waals surface area contributed by atoms with Gasteiger partial charge in [-0.2, -0.15) is 13.2 Å². The molecule has 0 heterocycles. The van der Waals surface area contributed by atoms with Gasteiger partial charge < -0.3 is 5.73 Å².